The molecule has 5 aromatic rings. The summed E-state index contributed by atoms with van der Waals surface area (Å²) in [5.74, 6) is -0.530. The molecule has 0 bridgehead atoms. The van der Waals surface area contributed by atoms with E-state index in [-0.39, 0.29) is 11.4 Å². The molecule has 0 atom stereocenters. The summed E-state index contributed by atoms with van der Waals surface area (Å²) in [6.45, 7) is 0. The molecule has 7 nitrogen and oxygen atoms in total. The Bertz CT molecular complexity index is 1550. The summed E-state index contributed by atoms with van der Waals surface area (Å²) in [5, 5.41) is 1.03. The van der Waals surface area contributed by atoms with Crippen LogP contribution in [0.1, 0.15) is 45.0 Å². The molecule has 0 fully saturated rings. The Kier molecular flexibility index (Phi) is 8.57. The molecule has 0 saturated carbocycles. The number of hydroxylamine groups is 2. The number of carbonyl (C=O) groups excluding carboxylic acids is 1. The van der Waals surface area contributed by atoms with Crippen molar-refractivity contribution in [2.24, 2.45) is 0 Å². The van der Waals surface area contributed by atoms with Gasteiger partial charge in [-0.2, -0.15) is 4.73 Å². The van der Waals surface area contributed by atoms with Crippen molar-refractivity contribution in [3.05, 3.63) is 172 Å². The lowest BCUT2D eigenvalue weighted by Gasteiger charge is -2.25. The largest absolute Gasteiger partial charge is 0.475 e. The van der Waals surface area contributed by atoms with Gasteiger partial charge < -0.3 is 9.57 Å². The predicted molar refractivity (Wildman–Crippen MR) is 156 cm³/mol. The highest BCUT2D eigenvalue weighted by molar-refractivity contribution is 5.91. The third-order valence-electron chi connectivity index (χ3n) is 6.63. The number of amides is 1. The quantitative estimate of drug-likeness (QED) is 0.205. The lowest BCUT2D eigenvalue weighted by atomic mass is 10.0. The molecule has 1 heterocycles. The number of hydrogen-bond donors (Lipinski definition) is 0. The van der Waals surface area contributed by atoms with Gasteiger partial charge in [-0.15, -0.1) is 0 Å². The van der Waals surface area contributed by atoms with E-state index in [1.54, 1.807) is 0 Å². The minimum atomic E-state index is -0.591. The number of nitrogens with zero attached hydrogens (tertiary/aromatic N) is 2. The summed E-state index contributed by atoms with van der Waals surface area (Å²) < 4.78 is 7.70. The summed E-state index contributed by atoms with van der Waals surface area (Å²) in [6.07, 6.45) is 0.267. The zero-order valence-electron chi connectivity index (χ0n) is 22.8. The van der Waals surface area contributed by atoms with E-state index in [2.05, 4.69) is 0 Å². The summed E-state index contributed by atoms with van der Waals surface area (Å²) >= 11 is 0. The number of aromatic nitrogens is 1. The highest BCUT2D eigenvalue weighted by atomic mass is 16.7. The van der Waals surface area contributed by atoms with Crippen LogP contribution in [0.5, 0.6) is 5.75 Å². The zero-order chi connectivity index (χ0) is 28.6. The first-order valence-electron chi connectivity index (χ1n) is 13.2. The fourth-order valence-corrected chi connectivity index (χ4v) is 4.47. The van der Waals surface area contributed by atoms with Crippen LogP contribution >= 0.6 is 0 Å². The van der Waals surface area contributed by atoms with Gasteiger partial charge in [-0.05, 0) is 22.3 Å². The molecule has 0 radical (unpaired) electrons. The second-order valence-electron chi connectivity index (χ2n) is 9.32. The predicted octanol–water partition coefficient (Wildman–Crippen LogP) is 5.87. The second kappa shape index (κ2) is 12.8. The van der Waals surface area contributed by atoms with E-state index in [0.717, 1.165) is 27.3 Å². The Morgan fingerprint density at radius 2 is 1.10 bits per heavy atom. The molecule has 0 saturated heterocycles. The highest BCUT2D eigenvalue weighted by Gasteiger charge is 2.25. The van der Waals surface area contributed by atoms with Crippen molar-refractivity contribution in [2.75, 3.05) is 14.2 Å². The van der Waals surface area contributed by atoms with E-state index in [9.17, 15) is 9.59 Å². The van der Waals surface area contributed by atoms with Gasteiger partial charge in [0.05, 0.1) is 13.3 Å². The Hall–Kier alpha value is -5.14. The maximum Gasteiger partial charge on any atom is 0.297 e. The molecule has 0 aliphatic carbocycles. The molecule has 5 rings (SSSR count). The van der Waals surface area contributed by atoms with E-state index in [0.29, 0.717) is 0 Å². The monoisotopic (exact) mass is 546 g/mol. The van der Waals surface area contributed by atoms with Gasteiger partial charge in [0.1, 0.15) is 6.10 Å². The average molecular weight is 547 g/mol. The lowest BCUT2D eigenvalue weighted by molar-refractivity contribution is -0.0782. The van der Waals surface area contributed by atoms with Gasteiger partial charge in [-0.1, -0.05) is 121 Å². The molecule has 1 amide bonds. The Morgan fingerprint density at radius 1 is 0.683 bits per heavy atom. The number of ether oxygens (including phenoxy) is 1. The first-order valence-corrected chi connectivity index (χ1v) is 13.2. The summed E-state index contributed by atoms with van der Waals surface area (Å²) in [4.78, 5) is 38.4. The molecule has 0 unspecified atom stereocenters. The van der Waals surface area contributed by atoms with Gasteiger partial charge >= 0.3 is 0 Å². The number of benzene rings is 4. The van der Waals surface area contributed by atoms with Gasteiger partial charge in [-0.25, -0.2) is 5.06 Å². The zero-order valence-corrected chi connectivity index (χ0v) is 22.8. The SMILES string of the molecule is CON(C)C(=O)c1cc(=O)c(OC(c2ccccc2)c2ccccc2)cn1OC(c1ccccc1)c1ccccc1. The van der Waals surface area contributed by atoms with Crippen LogP contribution < -0.4 is 15.0 Å². The second-order valence-corrected chi connectivity index (χ2v) is 9.32. The van der Waals surface area contributed by atoms with Gasteiger partial charge in [0, 0.05) is 13.1 Å². The van der Waals surface area contributed by atoms with Gasteiger partial charge in [0.25, 0.3) is 5.91 Å². The third-order valence-corrected chi connectivity index (χ3v) is 6.63. The Morgan fingerprint density at radius 3 is 1.51 bits per heavy atom. The third kappa shape index (κ3) is 6.37. The first kappa shape index (κ1) is 27.4. The van der Waals surface area contributed by atoms with Crippen molar-refractivity contribution in [3.8, 4) is 5.75 Å². The molecule has 0 aliphatic heterocycles. The standard InChI is InChI=1S/C34H30N2O5/c1-35(39-2)34(38)29-23-30(37)31(40-32(25-15-7-3-8-16-25)26-17-9-4-10-18-26)24-36(29)41-33(27-19-11-5-12-20-27)28-21-13-6-14-22-28/h3-24,32-33H,1-2H3. The van der Waals surface area contributed by atoms with E-state index >= 15 is 0 Å². The number of pyridine rings is 1. The molecular weight excluding hydrogens is 516 g/mol. The highest BCUT2D eigenvalue weighted by Crippen LogP contribution is 2.28. The van der Waals surface area contributed by atoms with E-state index in [1.165, 1.54) is 31.2 Å². The Balaban J connectivity index is 1.62. The average Bonchev–Trinajstić information content (AvgIpc) is 3.04. The fourth-order valence-electron chi connectivity index (χ4n) is 4.47. The maximum atomic E-state index is 13.4. The van der Waals surface area contributed by atoms with Crippen LogP contribution in [0.3, 0.4) is 0 Å². The molecule has 4 aromatic carbocycles. The number of hydrogen-bond acceptors (Lipinski definition) is 5. The smallest absolute Gasteiger partial charge is 0.297 e. The van der Waals surface area contributed by atoms with E-state index in [4.69, 9.17) is 14.4 Å². The first-order chi connectivity index (χ1) is 20.0. The van der Waals surface area contributed by atoms with Crippen LogP contribution in [-0.2, 0) is 4.84 Å². The molecule has 41 heavy (non-hydrogen) atoms. The fraction of sp³-hybridized carbons (Fsp3) is 0.118. The van der Waals surface area contributed by atoms with Crippen LogP contribution in [0.2, 0.25) is 0 Å². The molecule has 0 N–H and O–H groups in total. The lowest BCUT2D eigenvalue weighted by Crippen LogP contribution is -2.33. The van der Waals surface area contributed by atoms with Gasteiger partial charge in [0.2, 0.25) is 5.43 Å². The van der Waals surface area contributed by atoms with Crippen molar-refractivity contribution in [3.63, 3.8) is 0 Å². The molecule has 0 aliphatic rings. The summed E-state index contributed by atoms with van der Waals surface area (Å²) in [7, 11) is 2.84. The molecule has 206 valence electrons. The number of rotatable bonds is 10. The maximum absolute atomic E-state index is 13.4. The topological polar surface area (TPSA) is 70.0 Å². The van der Waals surface area contributed by atoms with Crippen LogP contribution in [-0.4, -0.2) is 29.9 Å². The van der Waals surface area contributed by atoms with Crippen LogP contribution in [0, 0.1) is 0 Å². The molecule has 0 spiro atoms. The van der Waals surface area contributed by atoms with E-state index in [1.807, 2.05) is 121 Å². The minimum absolute atomic E-state index is 0.0143. The molecule has 1 aromatic heterocycles. The molecule has 7 heteroatoms. The van der Waals surface area contributed by atoms with Crippen molar-refractivity contribution in [1.29, 1.82) is 0 Å². The van der Waals surface area contributed by atoms with Gasteiger partial charge in [0.15, 0.2) is 17.5 Å². The summed E-state index contributed by atoms with van der Waals surface area (Å²) in [6, 6.07) is 39.8. The minimum Gasteiger partial charge on any atom is -0.475 e. The van der Waals surface area contributed by atoms with E-state index < -0.39 is 23.5 Å². The van der Waals surface area contributed by atoms with Crippen LogP contribution in [0.25, 0.3) is 0 Å². The van der Waals surface area contributed by atoms with Gasteiger partial charge in [-0.3, -0.25) is 14.4 Å². The van der Waals surface area contributed by atoms with Crippen LogP contribution in [0.15, 0.2) is 138 Å². The van der Waals surface area contributed by atoms with Crippen molar-refractivity contribution < 1.29 is 19.2 Å². The summed E-state index contributed by atoms with van der Waals surface area (Å²) in [5.41, 5.74) is 2.99. The van der Waals surface area contributed by atoms with Crippen LogP contribution in [0.4, 0.5) is 0 Å². The van der Waals surface area contributed by atoms with Crippen molar-refractivity contribution in [1.82, 2.24) is 9.79 Å². The van der Waals surface area contributed by atoms with Crippen molar-refractivity contribution in [2.45, 2.75) is 12.2 Å². The van der Waals surface area contributed by atoms with Crippen molar-refractivity contribution >= 4 is 5.91 Å². The normalized spacial score (nSPS) is 10.9. The molecular formula is C34H30N2O5. The number of carbonyl (C=O) groups is 1. The Labute approximate surface area is 238 Å².